The van der Waals surface area contributed by atoms with E-state index in [9.17, 15) is 4.79 Å². The monoisotopic (exact) mass is 428 g/mol. The van der Waals surface area contributed by atoms with Crippen LogP contribution >= 0.6 is 46.1 Å². The van der Waals surface area contributed by atoms with Gasteiger partial charge in [0.2, 0.25) is 5.13 Å². The first-order chi connectivity index (χ1) is 12.5. The van der Waals surface area contributed by atoms with E-state index in [0.29, 0.717) is 36.6 Å². The molecule has 1 aromatic heterocycles. The highest BCUT2D eigenvalue weighted by molar-refractivity contribution is 7.15. The average Bonchev–Trinajstić information content (AvgIpc) is 3.03. The van der Waals surface area contributed by atoms with Crippen LogP contribution in [0.1, 0.15) is 5.01 Å². The van der Waals surface area contributed by atoms with Gasteiger partial charge in [0.05, 0.1) is 5.02 Å². The Bertz CT molecular complexity index is 918. The van der Waals surface area contributed by atoms with Gasteiger partial charge in [-0.25, -0.2) is 4.79 Å². The van der Waals surface area contributed by atoms with E-state index in [0.717, 1.165) is 0 Å². The van der Waals surface area contributed by atoms with Gasteiger partial charge in [0.15, 0.2) is 5.01 Å². The maximum Gasteiger partial charge on any atom is 0.325 e. The number of ether oxygens (including phenoxy) is 1. The van der Waals surface area contributed by atoms with Gasteiger partial charge in [-0.1, -0.05) is 46.1 Å². The summed E-state index contributed by atoms with van der Waals surface area (Å²) in [6, 6.07) is 11.2. The van der Waals surface area contributed by atoms with Crippen molar-refractivity contribution in [3.8, 4) is 5.75 Å². The van der Waals surface area contributed by atoms with Crippen LogP contribution in [-0.4, -0.2) is 16.2 Å². The largest absolute Gasteiger partial charge is 0.485 e. The van der Waals surface area contributed by atoms with E-state index in [1.165, 1.54) is 11.3 Å². The van der Waals surface area contributed by atoms with Gasteiger partial charge in [0.25, 0.3) is 0 Å². The fourth-order valence-electron chi connectivity index (χ4n) is 1.89. The summed E-state index contributed by atoms with van der Waals surface area (Å²) in [4.78, 5) is 12.0. The van der Waals surface area contributed by atoms with Crippen molar-refractivity contribution in [3.05, 3.63) is 62.5 Å². The third-order valence-electron chi connectivity index (χ3n) is 3.03. The molecule has 10 heteroatoms. The summed E-state index contributed by atoms with van der Waals surface area (Å²) in [5.41, 5.74) is 0.609. The number of halogens is 3. The van der Waals surface area contributed by atoms with Crippen LogP contribution in [-0.2, 0) is 6.61 Å². The molecular formula is C16H11Cl3N4O2S. The Labute approximate surface area is 168 Å². The van der Waals surface area contributed by atoms with Gasteiger partial charge in [0.1, 0.15) is 12.4 Å². The van der Waals surface area contributed by atoms with Crippen LogP contribution in [0.4, 0.5) is 15.6 Å². The van der Waals surface area contributed by atoms with Gasteiger partial charge in [-0.2, -0.15) is 0 Å². The SMILES string of the molecule is O=C(Nc1ccc(Cl)cc1)Nc1nnc(COc2ccc(Cl)cc2Cl)s1. The molecule has 0 aliphatic rings. The first-order valence-electron chi connectivity index (χ1n) is 7.23. The number of hydrogen-bond acceptors (Lipinski definition) is 5. The molecule has 0 radical (unpaired) electrons. The Kier molecular flexibility index (Phi) is 6.16. The number of nitrogens with zero attached hydrogens (tertiary/aromatic N) is 2. The predicted molar refractivity (Wildman–Crippen MR) is 105 cm³/mol. The zero-order valence-electron chi connectivity index (χ0n) is 13.0. The molecule has 0 aliphatic heterocycles. The Morgan fingerprint density at radius 1 is 1.00 bits per heavy atom. The Morgan fingerprint density at radius 3 is 2.46 bits per heavy atom. The summed E-state index contributed by atoms with van der Waals surface area (Å²) < 4.78 is 5.58. The second-order valence-corrected chi connectivity index (χ2v) is 7.29. The van der Waals surface area contributed by atoms with Crippen LogP contribution < -0.4 is 15.4 Å². The summed E-state index contributed by atoms with van der Waals surface area (Å²) in [6.45, 7) is 0.166. The number of amides is 2. The molecule has 2 aromatic carbocycles. The van der Waals surface area contributed by atoms with E-state index in [-0.39, 0.29) is 6.61 Å². The van der Waals surface area contributed by atoms with E-state index in [2.05, 4.69) is 20.8 Å². The topological polar surface area (TPSA) is 76.1 Å². The van der Waals surface area contributed by atoms with Gasteiger partial charge >= 0.3 is 6.03 Å². The van der Waals surface area contributed by atoms with Crippen LogP contribution in [0.25, 0.3) is 0 Å². The van der Waals surface area contributed by atoms with Crippen LogP contribution in [0, 0.1) is 0 Å². The number of carbonyl (C=O) groups excluding carboxylic acids is 1. The molecule has 0 fully saturated rings. The van der Waals surface area contributed by atoms with Crippen molar-refractivity contribution in [3.63, 3.8) is 0 Å². The van der Waals surface area contributed by atoms with E-state index >= 15 is 0 Å². The molecule has 26 heavy (non-hydrogen) atoms. The van der Waals surface area contributed by atoms with Crippen molar-refractivity contribution < 1.29 is 9.53 Å². The fourth-order valence-corrected chi connectivity index (χ4v) is 3.12. The van der Waals surface area contributed by atoms with Gasteiger partial charge < -0.3 is 10.1 Å². The molecule has 3 rings (SSSR count). The number of hydrogen-bond donors (Lipinski definition) is 2. The van der Waals surface area contributed by atoms with Crippen molar-refractivity contribution in [1.29, 1.82) is 0 Å². The Hall–Kier alpha value is -2.06. The van der Waals surface area contributed by atoms with Crippen LogP contribution in [0.5, 0.6) is 5.75 Å². The lowest BCUT2D eigenvalue weighted by Crippen LogP contribution is -2.19. The molecule has 134 valence electrons. The number of aromatic nitrogens is 2. The average molecular weight is 430 g/mol. The molecule has 2 N–H and O–H groups in total. The quantitative estimate of drug-likeness (QED) is 0.544. The van der Waals surface area contributed by atoms with E-state index < -0.39 is 6.03 Å². The molecule has 0 saturated carbocycles. The summed E-state index contributed by atoms with van der Waals surface area (Å²) in [6.07, 6.45) is 0. The van der Waals surface area contributed by atoms with E-state index in [1.807, 2.05) is 0 Å². The maximum atomic E-state index is 12.0. The van der Waals surface area contributed by atoms with E-state index in [4.69, 9.17) is 39.5 Å². The minimum atomic E-state index is -0.434. The molecule has 3 aromatic rings. The third kappa shape index (κ3) is 5.22. The maximum absolute atomic E-state index is 12.0. The van der Waals surface area contributed by atoms with Gasteiger partial charge in [0, 0.05) is 15.7 Å². The molecule has 0 spiro atoms. The highest BCUT2D eigenvalue weighted by Crippen LogP contribution is 2.28. The highest BCUT2D eigenvalue weighted by Gasteiger charge is 2.10. The minimum Gasteiger partial charge on any atom is -0.485 e. The Balaban J connectivity index is 1.54. The summed E-state index contributed by atoms with van der Waals surface area (Å²) in [7, 11) is 0. The molecule has 1 heterocycles. The van der Waals surface area contributed by atoms with Crippen molar-refractivity contribution in [1.82, 2.24) is 10.2 Å². The van der Waals surface area contributed by atoms with Crippen molar-refractivity contribution in [2.45, 2.75) is 6.61 Å². The first-order valence-corrected chi connectivity index (χ1v) is 9.18. The van der Waals surface area contributed by atoms with Crippen LogP contribution in [0.2, 0.25) is 15.1 Å². The normalized spacial score (nSPS) is 10.4. The molecule has 0 bridgehead atoms. The highest BCUT2D eigenvalue weighted by atomic mass is 35.5. The summed E-state index contributed by atoms with van der Waals surface area (Å²) in [5.74, 6) is 0.487. The third-order valence-corrected chi connectivity index (χ3v) is 4.63. The summed E-state index contributed by atoms with van der Waals surface area (Å²) in [5, 5.41) is 15.6. The van der Waals surface area contributed by atoms with Gasteiger partial charge in [-0.05, 0) is 42.5 Å². The first kappa shape index (κ1) is 18.7. The summed E-state index contributed by atoms with van der Waals surface area (Å²) >= 11 is 18.9. The minimum absolute atomic E-state index is 0.166. The second kappa shape index (κ2) is 8.55. The zero-order valence-corrected chi connectivity index (χ0v) is 16.1. The predicted octanol–water partition coefficient (Wildman–Crippen LogP) is 5.72. The lowest BCUT2D eigenvalue weighted by Gasteiger charge is -2.06. The fraction of sp³-hybridized carbons (Fsp3) is 0.0625. The number of carbonyl (C=O) groups is 1. The number of rotatable bonds is 5. The lowest BCUT2D eigenvalue weighted by molar-refractivity contribution is 0.262. The number of urea groups is 1. The molecular weight excluding hydrogens is 419 g/mol. The number of anilines is 2. The van der Waals surface area contributed by atoms with Crippen LogP contribution in [0.15, 0.2) is 42.5 Å². The standard InChI is InChI=1S/C16H11Cl3N4O2S/c17-9-1-4-11(5-2-9)20-15(24)21-16-23-22-14(26-16)8-25-13-6-3-10(18)7-12(13)19/h1-7H,8H2,(H2,20,21,23,24). The van der Waals surface area contributed by atoms with Crippen molar-refractivity contribution >= 4 is 63.0 Å². The molecule has 0 aliphatic carbocycles. The molecule has 0 unspecified atom stereocenters. The van der Waals surface area contributed by atoms with Gasteiger partial charge in [-0.15, -0.1) is 10.2 Å². The molecule has 2 amide bonds. The molecule has 6 nitrogen and oxygen atoms in total. The smallest absolute Gasteiger partial charge is 0.325 e. The number of nitrogens with one attached hydrogen (secondary N) is 2. The van der Waals surface area contributed by atoms with Crippen molar-refractivity contribution in [2.24, 2.45) is 0 Å². The molecule has 0 atom stereocenters. The lowest BCUT2D eigenvalue weighted by atomic mass is 10.3. The zero-order chi connectivity index (χ0) is 18.5. The van der Waals surface area contributed by atoms with Gasteiger partial charge in [-0.3, -0.25) is 5.32 Å². The van der Waals surface area contributed by atoms with E-state index in [1.54, 1.807) is 42.5 Å². The number of benzene rings is 2. The second-order valence-electron chi connectivity index (χ2n) is 4.95. The Morgan fingerprint density at radius 2 is 1.73 bits per heavy atom. The van der Waals surface area contributed by atoms with Crippen molar-refractivity contribution in [2.75, 3.05) is 10.6 Å². The molecule has 0 saturated heterocycles. The van der Waals surface area contributed by atoms with Crippen LogP contribution in [0.3, 0.4) is 0 Å².